The average molecular weight is 631 g/mol. The number of furan rings is 1. The van der Waals surface area contributed by atoms with E-state index >= 15 is 0 Å². The van der Waals surface area contributed by atoms with Gasteiger partial charge >= 0.3 is 0 Å². The predicted octanol–water partition coefficient (Wildman–Crippen LogP) is 10.9. The molecule has 208 valence electrons. The monoisotopic (exact) mass is 629 g/mol. The lowest BCUT2D eigenvalue weighted by Gasteiger charge is -2.10. The highest BCUT2D eigenvalue weighted by Gasteiger charge is 2.15. The van der Waals surface area contributed by atoms with Crippen LogP contribution in [0.2, 0.25) is 0 Å². The summed E-state index contributed by atoms with van der Waals surface area (Å²) < 4.78 is 7.13. The van der Waals surface area contributed by atoms with Crippen LogP contribution < -0.4 is 0 Å². The fraction of sp³-hybridized carbons (Fsp3) is 0. The topological polar surface area (TPSA) is 51.8 Å². The van der Waals surface area contributed by atoms with Crippen LogP contribution in [0, 0.1) is 0 Å². The quantitative estimate of drug-likeness (QED) is 0.190. The van der Waals surface area contributed by atoms with Gasteiger partial charge < -0.3 is 4.42 Å². The summed E-state index contributed by atoms with van der Waals surface area (Å²) in [5.74, 6) is 1.88. The standard InChI is InChI=1S/C39H24BrN3O/c40-32-20-17-26(18-21-32)30-10-6-9-29(23-30)25-13-15-28(16-14-25)38-41-37(27-7-2-1-3-8-27)42-39(43-38)31-19-22-36-34(24-31)33-11-4-5-12-35(33)44-36/h1-24H. The van der Waals surface area contributed by atoms with E-state index < -0.39 is 0 Å². The third-order valence-electron chi connectivity index (χ3n) is 7.82. The Bertz CT molecular complexity index is 2280. The number of hydrogen-bond acceptors (Lipinski definition) is 4. The summed E-state index contributed by atoms with van der Waals surface area (Å²) in [4.78, 5) is 14.8. The summed E-state index contributed by atoms with van der Waals surface area (Å²) in [6, 6.07) is 49.7. The number of nitrogens with zero attached hydrogens (tertiary/aromatic N) is 3. The second-order valence-corrected chi connectivity index (χ2v) is 11.6. The van der Waals surface area contributed by atoms with E-state index in [1.54, 1.807) is 0 Å². The molecular weight excluding hydrogens is 606 g/mol. The Morgan fingerprint density at radius 3 is 1.57 bits per heavy atom. The summed E-state index contributed by atoms with van der Waals surface area (Å²) in [5.41, 5.74) is 9.11. The first-order valence-electron chi connectivity index (χ1n) is 14.4. The second-order valence-electron chi connectivity index (χ2n) is 10.6. The van der Waals surface area contributed by atoms with Crippen molar-refractivity contribution < 1.29 is 4.42 Å². The number of fused-ring (bicyclic) bond motifs is 3. The molecule has 0 unspecified atom stereocenters. The third kappa shape index (κ3) is 4.97. The van der Waals surface area contributed by atoms with Crippen LogP contribution in [0.25, 0.3) is 78.4 Å². The van der Waals surface area contributed by atoms with Crippen molar-refractivity contribution in [3.05, 3.63) is 150 Å². The average Bonchev–Trinajstić information content (AvgIpc) is 3.47. The molecule has 5 heteroatoms. The Morgan fingerprint density at radius 2 is 0.864 bits per heavy atom. The van der Waals surface area contributed by atoms with Gasteiger partial charge in [0.25, 0.3) is 0 Å². The molecule has 0 radical (unpaired) electrons. The van der Waals surface area contributed by atoms with Gasteiger partial charge in [0, 0.05) is 31.9 Å². The lowest BCUT2D eigenvalue weighted by molar-refractivity contribution is 0.669. The van der Waals surface area contributed by atoms with Crippen molar-refractivity contribution in [2.24, 2.45) is 0 Å². The molecule has 2 aromatic heterocycles. The zero-order chi connectivity index (χ0) is 29.5. The number of benzene rings is 6. The van der Waals surface area contributed by atoms with E-state index in [1.165, 1.54) is 11.1 Å². The van der Waals surface area contributed by atoms with E-state index in [0.29, 0.717) is 17.5 Å². The summed E-state index contributed by atoms with van der Waals surface area (Å²) in [7, 11) is 0. The molecule has 44 heavy (non-hydrogen) atoms. The van der Waals surface area contributed by atoms with Crippen molar-refractivity contribution in [3.63, 3.8) is 0 Å². The third-order valence-corrected chi connectivity index (χ3v) is 8.35. The minimum absolute atomic E-state index is 0.618. The van der Waals surface area contributed by atoms with Gasteiger partial charge in [-0.25, -0.2) is 15.0 Å². The highest BCUT2D eigenvalue weighted by atomic mass is 79.9. The normalized spacial score (nSPS) is 11.3. The van der Waals surface area contributed by atoms with Crippen molar-refractivity contribution in [2.75, 3.05) is 0 Å². The van der Waals surface area contributed by atoms with Crippen molar-refractivity contribution in [1.29, 1.82) is 0 Å². The Balaban J connectivity index is 1.20. The molecule has 0 N–H and O–H groups in total. The molecule has 0 bridgehead atoms. The maximum atomic E-state index is 6.06. The molecule has 2 heterocycles. The molecule has 0 aliphatic heterocycles. The SMILES string of the molecule is Brc1ccc(-c2cccc(-c3ccc(-c4nc(-c5ccccc5)nc(-c5ccc6oc7ccccc7c6c5)n4)cc3)c2)cc1. The zero-order valence-corrected chi connectivity index (χ0v) is 25.1. The number of rotatable bonds is 5. The fourth-order valence-electron chi connectivity index (χ4n) is 5.55. The van der Waals surface area contributed by atoms with Gasteiger partial charge in [-0.3, -0.25) is 0 Å². The van der Waals surface area contributed by atoms with Crippen LogP contribution in [-0.2, 0) is 0 Å². The molecule has 0 aliphatic rings. The van der Waals surface area contributed by atoms with Gasteiger partial charge in [0.1, 0.15) is 11.2 Å². The Morgan fingerprint density at radius 1 is 0.364 bits per heavy atom. The van der Waals surface area contributed by atoms with Crippen LogP contribution in [0.1, 0.15) is 0 Å². The highest BCUT2D eigenvalue weighted by molar-refractivity contribution is 9.10. The number of para-hydroxylation sites is 1. The molecule has 0 aliphatic carbocycles. The van der Waals surface area contributed by atoms with Crippen LogP contribution in [0.5, 0.6) is 0 Å². The molecule has 0 fully saturated rings. The molecule has 4 nitrogen and oxygen atoms in total. The Kier molecular flexibility index (Phi) is 6.58. The van der Waals surface area contributed by atoms with Gasteiger partial charge in [-0.2, -0.15) is 0 Å². The van der Waals surface area contributed by atoms with Gasteiger partial charge in [0.15, 0.2) is 17.5 Å². The van der Waals surface area contributed by atoms with Crippen LogP contribution in [0.3, 0.4) is 0 Å². The van der Waals surface area contributed by atoms with E-state index in [0.717, 1.165) is 54.2 Å². The first kappa shape index (κ1) is 26.3. The summed E-state index contributed by atoms with van der Waals surface area (Å²) in [5, 5.41) is 2.11. The maximum Gasteiger partial charge on any atom is 0.164 e. The lowest BCUT2D eigenvalue weighted by atomic mass is 9.98. The van der Waals surface area contributed by atoms with Gasteiger partial charge in [-0.05, 0) is 64.7 Å². The largest absolute Gasteiger partial charge is 0.456 e. The molecule has 8 rings (SSSR count). The van der Waals surface area contributed by atoms with Crippen LogP contribution in [0.15, 0.2) is 154 Å². The molecule has 0 amide bonds. The zero-order valence-electron chi connectivity index (χ0n) is 23.5. The lowest BCUT2D eigenvalue weighted by Crippen LogP contribution is -2.00. The van der Waals surface area contributed by atoms with Crippen molar-refractivity contribution in [2.45, 2.75) is 0 Å². The minimum Gasteiger partial charge on any atom is -0.456 e. The number of aromatic nitrogens is 3. The second kappa shape index (κ2) is 11.0. The van der Waals surface area contributed by atoms with Crippen molar-refractivity contribution in [3.8, 4) is 56.4 Å². The summed E-state index contributed by atoms with van der Waals surface area (Å²) >= 11 is 3.53. The first-order valence-corrected chi connectivity index (χ1v) is 15.2. The van der Waals surface area contributed by atoms with Gasteiger partial charge in [0.05, 0.1) is 0 Å². The molecular formula is C39H24BrN3O. The van der Waals surface area contributed by atoms with Crippen molar-refractivity contribution >= 4 is 37.9 Å². The first-order chi connectivity index (χ1) is 21.7. The minimum atomic E-state index is 0.618. The maximum absolute atomic E-state index is 6.06. The van der Waals surface area contributed by atoms with Crippen molar-refractivity contribution in [1.82, 2.24) is 15.0 Å². The molecule has 0 saturated carbocycles. The Labute approximate surface area is 262 Å². The fourth-order valence-corrected chi connectivity index (χ4v) is 5.81. The van der Waals surface area contributed by atoms with Gasteiger partial charge in [0.2, 0.25) is 0 Å². The molecule has 0 atom stereocenters. The van der Waals surface area contributed by atoms with Crippen LogP contribution in [-0.4, -0.2) is 15.0 Å². The molecule has 8 aromatic rings. The Hall–Kier alpha value is -5.39. The number of hydrogen-bond donors (Lipinski definition) is 0. The summed E-state index contributed by atoms with van der Waals surface area (Å²) in [6.45, 7) is 0. The van der Waals surface area contributed by atoms with E-state index in [4.69, 9.17) is 19.4 Å². The van der Waals surface area contributed by atoms with Crippen LogP contribution >= 0.6 is 15.9 Å². The molecule has 6 aromatic carbocycles. The predicted molar refractivity (Wildman–Crippen MR) is 182 cm³/mol. The molecule has 0 saturated heterocycles. The highest BCUT2D eigenvalue weighted by Crippen LogP contribution is 2.33. The van der Waals surface area contributed by atoms with Crippen LogP contribution in [0.4, 0.5) is 0 Å². The van der Waals surface area contributed by atoms with E-state index in [-0.39, 0.29) is 0 Å². The number of halogens is 1. The van der Waals surface area contributed by atoms with E-state index in [9.17, 15) is 0 Å². The smallest absolute Gasteiger partial charge is 0.164 e. The van der Waals surface area contributed by atoms with E-state index in [1.807, 2.05) is 60.7 Å². The van der Waals surface area contributed by atoms with Gasteiger partial charge in [-0.15, -0.1) is 0 Å². The molecule has 0 spiro atoms. The van der Waals surface area contributed by atoms with E-state index in [2.05, 4.69) is 101 Å². The van der Waals surface area contributed by atoms with Gasteiger partial charge in [-0.1, -0.05) is 119 Å². The summed E-state index contributed by atoms with van der Waals surface area (Å²) in [6.07, 6.45) is 0.